The summed E-state index contributed by atoms with van der Waals surface area (Å²) in [6, 6.07) is 0. The van der Waals surface area contributed by atoms with Crippen LogP contribution in [-0.2, 0) is 14.8 Å². The second-order valence-electron chi connectivity index (χ2n) is 4.89. The number of hydrogen-bond acceptors (Lipinski definition) is 4. The van der Waals surface area contributed by atoms with Gasteiger partial charge in [-0.2, -0.15) is 0 Å². The van der Waals surface area contributed by atoms with Crippen LogP contribution in [-0.4, -0.2) is 50.1 Å². The Morgan fingerprint density at radius 3 is 2.78 bits per heavy atom. The van der Waals surface area contributed by atoms with Crippen LogP contribution in [0, 0.1) is 11.3 Å². The molecule has 1 fully saturated rings. The molecule has 1 aliphatic rings. The summed E-state index contributed by atoms with van der Waals surface area (Å²) in [5.41, 5.74) is 5.45. The molecule has 0 aromatic heterocycles. The first kappa shape index (κ1) is 15.4. The van der Waals surface area contributed by atoms with Gasteiger partial charge in [0, 0.05) is 19.0 Å². The minimum Gasteiger partial charge on any atom is -0.387 e. The Morgan fingerprint density at radius 1 is 1.56 bits per heavy atom. The first-order valence-electron chi connectivity index (χ1n) is 6.26. The van der Waals surface area contributed by atoms with Crippen molar-refractivity contribution in [1.82, 2.24) is 4.31 Å². The third-order valence-corrected chi connectivity index (χ3v) is 4.81. The maximum atomic E-state index is 12.1. The average molecular weight is 277 g/mol. The Kier molecular flexibility index (Phi) is 5.55. The van der Waals surface area contributed by atoms with Crippen LogP contribution in [0.5, 0.6) is 0 Å². The maximum Gasteiger partial charge on any atom is 0.216 e. The minimum absolute atomic E-state index is 0.00416. The van der Waals surface area contributed by atoms with Gasteiger partial charge in [0.25, 0.3) is 0 Å². The number of sulfonamides is 1. The molecule has 0 aromatic carbocycles. The van der Waals surface area contributed by atoms with E-state index >= 15 is 0 Å². The van der Waals surface area contributed by atoms with Crippen LogP contribution in [0.1, 0.15) is 26.7 Å². The van der Waals surface area contributed by atoms with Crippen molar-refractivity contribution < 1.29 is 13.2 Å². The van der Waals surface area contributed by atoms with Gasteiger partial charge in [0.05, 0.1) is 24.3 Å². The normalized spacial score (nSPS) is 22.3. The highest BCUT2D eigenvalue weighted by Gasteiger charge is 2.29. The fraction of sp³-hybridized carbons (Fsp3) is 0.909. The number of amidine groups is 1. The lowest BCUT2D eigenvalue weighted by Gasteiger charge is -2.31. The van der Waals surface area contributed by atoms with Crippen LogP contribution in [0.25, 0.3) is 0 Å². The standard InChI is InChI=1S/C11H23N3O3S/c1-9(2)17-6-7-18(15,16)14-5-3-4-10(8-14)11(12)13/h9-10H,3-8H2,1-2H3,(H3,12,13). The van der Waals surface area contributed by atoms with E-state index in [1.165, 1.54) is 4.31 Å². The lowest BCUT2D eigenvalue weighted by molar-refractivity contribution is 0.0905. The summed E-state index contributed by atoms with van der Waals surface area (Å²) >= 11 is 0. The molecule has 1 heterocycles. The van der Waals surface area contributed by atoms with Crippen molar-refractivity contribution in [3.05, 3.63) is 0 Å². The Labute approximate surface area is 109 Å². The quantitative estimate of drug-likeness (QED) is 0.542. The second-order valence-corrected chi connectivity index (χ2v) is 6.98. The Morgan fingerprint density at radius 2 is 2.22 bits per heavy atom. The molecule has 0 aromatic rings. The van der Waals surface area contributed by atoms with E-state index < -0.39 is 10.0 Å². The number of piperidine rings is 1. The maximum absolute atomic E-state index is 12.1. The van der Waals surface area contributed by atoms with Gasteiger partial charge in [-0.05, 0) is 26.7 Å². The molecule has 106 valence electrons. The summed E-state index contributed by atoms with van der Waals surface area (Å²) in [6.07, 6.45) is 1.59. The first-order valence-corrected chi connectivity index (χ1v) is 7.87. The molecule has 18 heavy (non-hydrogen) atoms. The van der Waals surface area contributed by atoms with E-state index in [1.807, 2.05) is 13.8 Å². The Balaban J connectivity index is 2.53. The van der Waals surface area contributed by atoms with Crippen molar-refractivity contribution in [2.45, 2.75) is 32.8 Å². The first-order chi connectivity index (χ1) is 8.33. The smallest absolute Gasteiger partial charge is 0.216 e. The summed E-state index contributed by atoms with van der Waals surface area (Å²) in [5, 5.41) is 7.41. The molecule has 0 spiro atoms. The molecule has 1 saturated heterocycles. The highest BCUT2D eigenvalue weighted by Crippen LogP contribution is 2.19. The zero-order valence-electron chi connectivity index (χ0n) is 11.1. The van der Waals surface area contributed by atoms with E-state index in [1.54, 1.807) is 0 Å². The molecule has 1 atom stereocenters. The van der Waals surface area contributed by atoms with Crippen LogP contribution in [0.3, 0.4) is 0 Å². The molecule has 0 saturated carbocycles. The van der Waals surface area contributed by atoms with Crippen molar-refractivity contribution in [3.63, 3.8) is 0 Å². The van der Waals surface area contributed by atoms with Gasteiger partial charge in [0.1, 0.15) is 0 Å². The van der Waals surface area contributed by atoms with Crippen molar-refractivity contribution >= 4 is 15.9 Å². The minimum atomic E-state index is -3.29. The van der Waals surface area contributed by atoms with Gasteiger partial charge in [-0.3, -0.25) is 5.41 Å². The molecule has 1 unspecified atom stereocenters. The van der Waals surface area contributed by atoms with Gasteiger partial charge < -0.3 is 10.5 Å². The van der Waals surface area contributed by atoms with E-state index in [0.717, 1.165) is 12.8 Å². The lowest BCUT2D eigenvalue weighted by atomic mass is 9.99. The monoisotopic (exact) mass is 277 g/mol. The zero-order chi connectivity index (χ0) is 13.8. The van der Waals surface area contributed by atoms with Crippen molar-refractivity contribution in [1.29, 1.82) is 5.41 Å². The second kappa shape index (κ2) is 6.49. The van der Waals surface area contributed by atoms with Crippen LogP contribution in [0.2, 0.25) is 0 Å². The van der Waals surface area contributed by atoms with Crippen molar-refractivity contribution in [2.75, 3.05) is 25.4 Å². The Bertz CT molecular complexity index is 381. The molecule has 0 aliphatic carbocycles. The number of hydrogen-bond donors (Lipinski definition) is 2. The average Bonchev–Trinajstić information content (AvgIpc) is 2.28. The van der Waals surface area contributed by atoms with Gasteiger partial charge in [-0.15, -0.1) is 0 Å². The van der Waals surface area contributed by atoms with Gasteiger partial charge in [-0.25, -0.2) is 12.7 Å². The molecular weight excluding hydrogens is 254 g/mol. The molecule has 0 radical (unpaired) electrons. The summed E-state index contributed by atoms with van der Waals surface area (Å²) < 4.78 is 30.8. The van der Waals surface area contributed by atoms with Gasteiger partial charge >= 0.3 is 0 Å². The van der Waals surface area contributed by atoms with Crippen LogP contribution < -0.4 is 5.73 Å². The third kappa shape index (κ3) is 4.55. The number of nitrogens with zero attached hydrogens (tertiary/aromatic N) is 1. The van der Waals surface area contributed by atoms with Crippen LogP contribution >= 0.6 is 0 Å². The predicted octanol–water partition coefficient (Wildman–Crippen LogP) is 0.389. The summed E-state index contributed by atoms with van der Waals surface area (Å²) in [6.45, 7) is 4.81. The van der Waals surface area contributed by atoms with E-state index in [4.69, 9.17) is 15.9 Å². The van der Waals surface area contributed by atoms with Crippen LogP contribution in [0.4, 0.5) is 0 Å². The highest BCUT2D eigenvalue weighted by molar-refractivity contribution is 7.89. The highest BCUT2D eigenvalue weighted by atomic mass is 32.2. The van der Waals surface area contributed by atoms with Crippen molar-refractivity contribution in [2.24, 2.45) is 11.7 Å². The molecule has 3 N–H and O–H groups in total. The van der Waals surface area contributed by atoms with Crippen molar-refractivity contribution in [3.8, 4) is 0 Å². The molecule has 7 heteroatoms. The number of ether oxygens (including phenoxy) is 1. The van der Waals surface area contributed by atoms with E-state index in [0.29, 0.717) is 13.1 Å². The van der Waals surface area contributed by atoms with Gasteiger partial charge in [0.15, 0.2) is 0 Å². The molecule has 6 nitrogen and oxygen atoms in total. The summed E-state index contributed by atoms with van der Waals surface area (Å²) in [5.74, 6) is -0.0663. The SMILES string of the molecule is CC(C)OCCS(=O)(=O)N1CCCC(C(=N)N)C1. The number of rotatable bonds is 6. The topological polar surface area (TPSA) is 96.5 Å². The molecular formula is C11H23N3O3S. The largest absolute Gasteiger partial charge is 0.387 e. The predicted molar refractivity (Wildman–Crippen MR) is 71.1 cm³/mol. The van der Waals surface area contributed by atoms with Gasteiger partial charge in [0.2, 0.25) is 10.0 Å². The van der Waals surface area contributed by atoms with E-state index in [2.05, 4.69) is 0 Å². The van der Waals surface area contributed by atoms with Crippen LogP contribution in [0.15, 0.2) is 0 Å². The lowest BCUT2D eigenvalue weighted by Crippen LogP contribution is -2.45. The molecule has 0 amide bonds. The third-order valence-electron chi connectivity index (χ3n) is 3.01. The fourth-order valence-corrected chi connectivity index (χ4v) is 3.35. The molecule has 0 bridgehead atoms. The summed E-state index contributed by atoms with van der Waals surface area (Å²) in [4.78, 5) is 0. The molecule has 1 rings (SSSR count). The summed E-state index contributed by atoms with van der Waals surface area (Å²) in [7, 11) is -3.29. The van der Waals surface area contributed by atoms with Gasteiger partial charge in [-0.1, -0.05) is 0 Å². The Hall–Kier alpha value is -0.660. The van der Waals surface area contributed by atoms with E-state index in [-0.39, 0.29) is 30.2 Å². The van der Waals surface area contributed by atoms with E-state index in [9.17, 15) is 8.42 Å². The molecule has 1 aliphatic heterocycles. The number of nitrogens with two attached hydrogens (primary N) is 1. The fourth-order valence-electron chi connectivity index (χ4n) is 1.97. The number of nitrogens with one attached hydrogen (secondary N) is 1. The zero-order valence-corrected chi connectivity index (χ0v) is 11.9.